The van der Waals surface area contributed by atoms with Crippen molar-refractivity contribution in [2.24, 2.45) is 0 Å². The second kappa shape index (κ2) is 6.48. The van der Waals surface area contributed by atoms with Gasteiger partial charge in [-0.05, 0) is 18.4 Å². The second-order valence-electron chi connectivity index (χ2n) is 2.58. The molecule has 0 aromatic rings. The maximum atomic E-state index is 12.6. The molecule has 0 bridgehead atoms. The molecule has 88 valence electrons. The topological polar surface area (TPSA) is 17.1 Å². The van der Waals surface area contributed by atoms with Gasteiger partial charge in [0.25, 0.3) is 0 Å². The van der Waals surface area contributed by atoms with E-state index in [1.165, 1.54) is 0 Å². The van der Waals surface area contributed by atoms with Gasteiger partial charge in [0.1, 0.15) is 5.57 Å². The second-order valence-corrected chi connectivity index (χ2v) is 5.39. The average molecular weight is 258 g/mol. The van der Waals surface area contributed by atoms with Gasteiger partial charge >= 0.3 is 6.18 Å². The van der Waals surface area contributed by atoms with Crippen LogP contribution in [-0.2, 0) is 4.79 Å². The molecule has 0 amide bonds. The molecule has 0 saturated heterocycles. The summed E-state index contributed by atoms with van der Waals surface area (Å²) in [7, 11) is 0. The number of halogens is 3. The van der Waals surface area contributed by atoms with E-state index in [1.807, 2.05) is 0 Å². The molecule has 1 nitrogen and oxygen atoms in total. The number of carbonyl (C=O) groups is 1. The number of hydrogen-bond donors (Lipinski definition) is 0. The highest BCUT2D eigenvalue weighted by Gasteiger charge is 2.39. The Labute approximate surface area is 95.9 Å². The van der Waals surface area contributed by atoms with Crippen molar-refractivity contribution in [3.05, 3.63) is 9.81 Å². The average Bonchev–Trinajstić information content (AvgIpc) is 2.01. The normalized spacial score (nSPS) is 11.3. The highest BCUT2D eigenvalue weighted by Crippen LogP contribution is 2.39. The van der Waals surface area contributed by atoms with E-state index in [0.29, 0.717) is 11.5 Å². The lowest BCUT2D eigenvalue weighted by Crippen LogP contribution is -2.19. The fourth-order valence-corrected chi connectivity index (χ4v) is 3.28. The molecule has 0 radical (unpaired) electrons. The van der Waals surface area contributed by atoms with Crippen LogP contribution in [0.4, 0.5) is 13.2 Å². The van der Waals surface area contributed by atoms with Crippen LogP contribution in [-0.4, -0.2) is 23.5 Å². The van der Waals surface area contributed by atoms with Gasteiger partial charge in [0.2, 0.25) is 0 Å². The zero-order chi connectivity index (χ0) is 12.1. The number of carbonyl (C=O) groups excluding carboxylic acids is 1. The van der Waals surface area contributed by atoms with Gasteiger partial charge in [-0.1, -0.05) is 13.8 Å². The Morgan fingerprint density at radius 3 is 1.73 bits per heavy atom. The van der Waals surface area contributed by atoms with Crippen LogP contribution in [0.2, 0.25) is 0 Å². The molecule has 0 saturated carbocycles. The van der Waals surface area contributed by atoms with Gasteiger partial charge in [-0.25, -0.2) is 0 Å². The molecule has 6 heteroatoms. The fourth-order valence-electron chi connectivity index (χ4n) is 0.907. The number of hydrogen-bond acceptors (Lipinski definition) is 3. The van der Waals surface area contributed by atoms with Crippen molar-refractivity contribution in [3.8, 4) is 0 Å². The highest BCUT2D eigenvalue weighted by molar-refractivity contribution is 8.22. The van der Waals surface area contributed by atoms with Crippen molar-refractivity contribution in [2.45, 2.75) is 26.9 Å². The summed E-state index contributed by atoms with van der Waals surface area (Å²) in [6.45, 7) is 4.47. The van der Waals surface area contributed by atoms with Gasteiger partial charge in [0.15, 0.2) is 5.78 Å². The number of thioether (sulfide) groups is 2. The third-order valence-electron chi connectivity index (χ3n) is 1.39. The first-order valence-electron chi connectivity index (χ1n) is 4.42. The molecule has 0 aliphatic heterocycles. The standard InChI is InChI=1S/C9H13F3OS2/c1-4-14-8(15-5-2)7(6(3)13)9(10,11)12/h4-5H2,1-3H3. The molecule has 0 aromatic heterocycles. The number of rotatable bonds is 5. The summed E-state index contributed by atoms with van der Waals surface area (Å²) in [6.07, 6.45) is -4.55. The minimum Gasteiger partial charge on any atom is -0.294 e. The third-order valence-corrected chi connectivity index (χ3v) is 3.61. The molecular weight excluding hydrogens is 245 g/mol. The monoisotopic (exact) mass is 258 g/mol. The Morgan fingerprint density at radius 2 is 1.53 bits per heavy atom. The van der Waals surface area contributed by atoms with E-state index in [9.17, 15) is 18.0 Å². The van der Waals surface area contributed by atoms with Crippen molar-refractivity contribution in [1.29, 1.82) is 0 Å². The Bertz CT molecular complexity index is 251. The third kappa shape index (κ3) is 4.97. The van der Waals surface area contributed by atoms with Gasteiger partial charge in [-0.15, -0.1) is 23.5 Å². The molecular formula is C9H13F3OS2. The molecule has 0 aliphatic rings. The lowest BCUT2D eigenvalue weighted by atomic mass is 10.2. The summed E-state index contributed by atoms with van der Waals surface area (Å²) in [5.41, 5.74) is -1.01. The SMILES string of the molecule is CCSC(SCC)=C(C(C)=O)C(F)(F)F. The van der Waals surface area contributed by atoms with Crippen LogP contribution >= 0.6 is 23.5 Å². The number of ketones is 1. The van der Waals surface area contributed by atoms with E-state index >= 15 is 0 Å². The Balaban J connectivity index is 5.25. The maximum Gasteiger partial charge on any atom is 0.421 e. The predicted octanol–water partition coefficient (Wildman–Crippen LogP) is 3.86. The summed E-state index contributed by atoms with van der Waals surface area (Å²) in [4.78, 5) is 11.0. The summed E-state index contributed by atoms with van der Waals surface area (Å²) >= 11 is 2.13. The zero-order valence-electron chi connectivity index (χ0n) is 8.77. The molecule has 0 spiro atoms. The van der Waals surface area contributed by atoms with Crippen LogP contribution < -0.4 is 0 Å². The van der Waals surface area contributed by atoms with Crippen molar-refractivity contribution in [3.63, 3.8) is 0 Å². The minimum absolute atomic E-state index is 0.0833. The Hall–Kier alpha value is -0.100. The first-order valence-corrected chi connectivity index (χ1v) is 6.39. The van der Waals surface area contributed by atoms with E-state index in [-0.39, 0.29) is 4.24 Å². The summed E-state index contributed by atoms with van der Waals surface area (Å²) in [6, 6.07) is 0. The van der Waals surface area contributed by atoms with E-state index in [1.54, 1.807) is 13.8 Å². The van der Waals surface area contributed by atoms with Gasteiger partial charge in [-0.2, -0.15) is 13.2 Å². The summed E-state index contributed by atoms with van der Waals surface area (Å²) in [5, 5.41) is 0. The zero-order valence-corrected chi connectivity index (χ0v) is 10.4. The van der Waals surface area contributed by atoms with Crippen molar-refractivity contribution < 1.29 is 18.0 Å². The number of alkyl halides is 3. The predicted molar refractivity (Wildman–Crippen MR) is 60.0 cm³/mol. The molecule has 0 atom stereocenters. The lowest BCUT2D eigenvalue weighted by Gasteiger charge is -2.13. The molecule has 0 fully saturated rings. The molecule has 0 rings (SSSR count). The lowest BCUT2D eigenvalue weighted by molar-refractivity contribution is -0.127. The molecule has 0 unspecified atom stereocenters. The van der Waals surface area contributed by atoms with E-state index < -0.39 is 17.5 Å². The number of Topliss-reactive ketones (excluding diaryl/α,β-unsaturated/α-hetero) is 1. The van der Waals surface area contributed by atoms with E-state index in [2.05, 4.69) is 0 Å². The van der Waals surface area contributed by atoms with Crippen LogP contribution in [0.3, 0.4) is 0 Å². The summed E-state index contributed by atoms with van der Waals surface area (Å²) in [5.74, 6) is 0.129. The van der Waals surface area contributed by atoms with Gasteiger partial charge < -0.3 is 0 Å². The van der Waals surface area contributed by atoms with Gasteiger partial charge in [0, 0.05) is 0 Å². The molecule has 15 heavy (non-hydrogen) atoms. The van der Waals surface area contributed by atoms with Crippen molar-refractivity contribution >= 4 is 29.3 Å². The minimum atomic E-state index is -4.55. The van der Waals surface area contributed by atoms with E-state index in [0.717, 1.165) is 30.4 Å². The van der Waals surface area contributed by atoms with Gasteiger partial charge in [-0.3, -0.25) is 4.79 Å². The van der Waals surface area contributed by atoms with Crippen molar-refractivity contribution in [2.75, 3.05) is 11.5 Å². The number of allylic oxidation sites excluding steroid dienone is 1. The molecule has 0 aromatic carbocycles. The molecule has 0 aliphatic carbocycles. The largest absolute Gasteiger partial charge is 0.421 e. The Kier molecular flexibility index (Phi) is 6.43. The Morgan fingerprint density at radius 1 is 1.13 bits per heavy atom. The van der Waals surface area contributed by atoms with Crippen LogP contribution in [0, 0.1) is 0 Å². The van der Waals surface area contributed by atoms with E-state index in [4.69, 9.17) is 0 Å². The van der Waals surface area contributed by atoms with Crippen LogP contribution in [0.5, 0.6) is 0 Å². The quantitative estimate of drug-likeness (QED) is 0.697. The summed E-state index contributed by atoms with van der Waals surface area (Å²) < 4.78 is 37.8. The van der Waals surface area contributed by atoms with Crippen LogP contribution in [0.15, 0.2) is 9.81 Å². The molecule has 0 N–H and O–H groups in total. The van der Waals surface area contributed by atoms with Crippen LogP contribution in [0.25, 0.3) is 0 Å². The highest BCUT2D eigenvalue weighted by atomic mass is 32.2. The fraction of sp³-hybridized carbons (Fsp3) is 0.667. The first kappa shape index (κ1) is 14.9. The first-order chi connectivity index (χ1) is 6.84. The van der Waals surface area contributed by atoms with Crippen LogP contribution in [0.1, 0.15) is 20.8 Å². The van der Waals surface area contributed by atoms with Crippen molar-refractivity contribution in [1.82, 2.24) is 0 Å². The smallest absolute Gasteiger partial charge is 0.294 e. The van der Waals surface area contributed by atoms with Gasteiger partial charge in [0.05, 0.1) is 4.24 Å². The molecule has 0 heterocycles. The maximum absolute atomic E-state index is 12.6.